The summed E-state index contributed by atoms with van der Waals surface area (Å²) in [6, 6.07) is 0. The molecule has 0 aromatic carbocycles. The molecular weight excluding hydrogens is 226 g/mol. The topological polar surface area (TPSA) is 58.0 Å². The van der Waals surface area contributed by atoms with Gasteiger partial charge in [0, 0.05) is 18.9 Å². The van der Waals surface area contributed by atoms with Crippen molar-refractivity contribution >= 4 is 17.4 Å². The highest BCUT2D eigenvalue weighted by molar-refractivity contribution is 6.31. The number of halogens is 1. The van der Waals surface area contributed by atoms with E-state index in [4.69, 9.17) is 11.6 Å². The maximum Gasteiger partial charge on any atom is 0.171 e. The predicted octanol–water partition coefficient (Wildman–Crippen LogP) is 2.34. The van der Waals surface area contributed by atoms with E-state index in [-0.39, 0.29) is 0 Å². The molecule has 0 bridgehead atoms. The molecule has 0 radical (unpaired) electrons. The largest absolute Gasteiger partial charge is 0.388 e. The zero-order valence-corrected chi connectivity index (χ0v) is 10.6. The number of nitrogens with zero attached hydrogens (tertiary/aromatic N) is 2. The minimum Gasteiger partial charge on any atom is -0.388 e. The first-order valence-electron chi connectivity index (χ1n) is 5.33. The molecular formula is C11H18ClN3O. The van der Waals surface area contributed by atoms with Crippen molar-refractivity contribution in [2.75, 3.05) is 11.9 Å². The van der Waals surface area contributed by atoms with E-state index in [2.05, 4.69) is 29.1 Å². The first kappa shape index (κ1) is 13.2. The van der Waals surface area contributed by atoms with Gasteiger partial charge in [-0.25, -0.2) is 9.97 Å². The molecule has 1 aromatic rings. The Hall–Kier alpha value is -0.870. The lowest BCUT2D eigenvalue weighted by molar-refractivity contribution is 0.0515. The van der Waals surface area contributed by atoms with Gasteiger partial charge in [0.25, 0.3) is 0 Å². The van der Waals surface area contributed by atoms with Gasteiger partial charge in [0.2, 0.25) is 0 Å². The lowest BCUT2D eigenvalue weighted by atomic mass is 9.94. The molecule has 0 spiro atoms. The van der Waals surface area contributed by atoms with E-state index in [1.807, 2.05) is 0 Å². The lowest BCUT2D eigenvalue weighted by Crippen LogP contribution is -2.35. The molecule has 90 valence electrons. The fraction of sp³-hybridized carbons (Fsp3) is 0.636. The van der Waals surface area contributed by atoms with Crippen LogP contribution in [0.3, 0.4) is 0 Å². The van der Waals surface area contributed by atoms with E-state index in [9.17, 15) is 5.11 Å². The summed E-state index contributed by atoms with van der Waals surface area (Å²) in [5, 5.41) is 13.4. The Morgan fingerprint density at radius 1 is 1.44 bits per heavy atom. The van der Waals surface area contributed by atoms with Crippen LogP contribution < -0.4 is 5.32 Å². The monoisotopic (exact) mass is 243 g/mol. The van der Waals surface area contributed by atoms with Gasteiger partial charge >= 0.3 is 0 Å². The zero-order chi connectivity index (χ0) is 12.2. The van der Waals surface area contributed by atoms with Crippen LogP contribution in [0.2, 0.25) is 5.15 Å². The van der Waals surface area contributed by atoms with Crippen molar-refractivity contribution in [1.82, 2.24) is 9.97 Å². The summed E-state index contributed by atoms with van der Waals surface area (Å²) < 4.78 is 0. The fourth-order valence-electron chi connectivity index (χ4n) is 1.67. The zero-order valence-electron chi connectivity index (χ0n) is 9.87. The number of aromatic nitrogens is 2. The van der Waals surface area contributed by atoms with Gasteiger partial charge in [-0.1, -0.05) is 25.4 Å². The van der Waals surface area contributed by atoms with Crippen LogP contribution in [0, 0.1) is 5.92 Å². The van der Waals surface area contributed by atoms with E-state index < -0.39 is 5.60 Å². The van der Waals surface area contributed by atoms with Crippen molar-refractivity contribution in [2.24, 2.45) is 5.92 Å². The molecule has 0 saturated carbocycles. The normalized spacial score (nSPS) is 14.9. The SMILES string of the molecule is CC(C)CC(C)(O)CNc1nccnc1Cl. The van der Waals surface area contributed by atoms with Crippen LogP contribution in [0.4, 0.5) is 5.82 Å². The van der Waals surface area contributed by atoms with Gasteiger partial charge in [0.05, 0.1) is 5.60 Å². The van der Waals surface area contributed by atoms with Crippen LogP contribution in [-0.4, -0.2) is 27.2 Å². The van der Waals surface area contributed by atoms with Crippen LogP contribution in [0.25, 0.3) is 0 Å². The quantitative estimate of drug-likeness (QED) is 0.834. The minimum atomic E-state index is -0.769. The Labute approximate surface area is 101 Å². The average Bonchev–Trinajstić information content (AvgIpc) is 2.14. The van der Waals surface area contributed by atoms with Crippen molar-refractivity contribution < 1.29 is 5.11 Å². The smallest absolute Gasteiger partial charge is 0.171 e. The van der Waals surface area contributed by atoms with Crippen LogP contribution in [0.5, 0.6) is 0 Å². The van der Waals surface area contributed by atoms with Gasteiger partial charge in [0.1, 0.15) is 0 Å². The van der Waals surface area contributed by atoms with Crippen molar-refractivity contribution in [1.29, 1.82) is 0 Å². The van der Waals surface area contributed by atoms with Gasteiger partial charge in [0.15, 0.2) is 11.0 Å². The summed E-state index contributed by atoms with van der Waals surface area (Å²) >= 11 is 5.84. The standard InChI is InChI=1S/C11H18ClN3O/c1-8(2)6-11(3,16)7-15-10-9(12)13-4-5-14-10/h4-5,8,16H,6-7H2,1-3H3,(H,14,15). The van der Waals surface area contributed by atoms with E-state index in [1.54, 1.807) is 13.1 Å². The van der Waals surface area contributed by atoms with Gasteiger partial charge in [-0.05, 0) is 19.3 Å². The molecule has 0 aliphatic rings. The van der Waals surface area contributed by atoms with Crippen LogP contribution in [0.15, 0.2) is 12.4 Å². The summed E-state index contributed by atoms with van der Waals surface area (Å²) in [6.45, 7) is 6.35. The second-order valence-corrected chi connectivity index (χ2v) is 5.00. The first-order valence-corrected chi connectivity index (χ1v) is 5.71. The van der Waals surface area contributed by atoms with E-state index in [0.717, 1.165) is 6.42 Å². The summed E-state index contributed by atoms with van der Waals surface area (Å²) in [6.07, 6.45) is 3.81. The summed E-state index contributed by atoms with van der Waals surface area (Å²) in [7, 11) is 0. The molecule has 1 aromatic heterocycles. The van der Waals surface area contributed by atoms with Gasteiger partial charge < -0.3 is 10.4 Å². The highest BCUT2D eigenvalue weighted by atomic mass is 35.5. The highest BCUT2D eigenvalue weighted by Gasteiger charge is 2.22. The third kappa shape index (κ3) is 4.33. The molecule has 4 nitrogen and oxygen atoms in total. The van der Waals surface area contributed by atoms with E-state index >= 15 is 0 Å². The fourth-order valence-corrected chi connectivity index (χ4v) is 1.84. The van der Waals surface area contributed by atoms with Gasteiger partial charge in [-0.15, -0.1) is 0 Å². The number of anilines is 1. The number of hydrogen-bond donors (Lipinski definition) is 2. The molecule has 1 atom stereocenters. The minimum absolute atomic E-state index is 0.322. The van der Waals surface area contributed by atoms with Gasteiger partial charge in [-0.2, -0.15) is 0 Å². The molecule has 0 aliphatic heterocycles. The number of hydrogen-bond acceptors (Lipinski definition) is 4. The summed E-state index contributed by atoms with van der Waals surface area (Å²) in [4.78, 5) is 7.94. The summed E-state index contributed by atoms with van der Waals surface area (Å²) in [5.41, 5.74) is -0.769. The van der Waals surface area contributed by atoms with Crippen LogP contribution >= 0.6 is 11.6 Å². The third-order valence-corrected chi connectivity index (χ3v) is 2.41. The molecule has 16 heavy (non-hydrogen) atoms. The Kier molecular flexibility index (Phi) is 4.50. The van der Waals surface area contributed by atoms with Crippen molar-refractivity contribution in [3.63, 3.8) is 0 Å². The molecule has 0 amide bonds. The molecule has 5 heteroatoms. The Balaban J connectivity index is 2.54. The number of rotatable bonds is 5. The van der Waals surface area contributed by atoms with Crippen molar-refractivity contribution in [3.8, 4) is 0 Å². The van der Waals surface area contributed by atoms with E-state index in [0.29, 0.717) is 23.4 Å². The molecule has 1 rings (SSSR count). The summed E-state index contributed by atoms with van der Waals surface area (Å²) in [5.74, 6) is 0.947. The second kappa shape index (κ2) is 5.46. The molecule has 0 saturated heterocycles. The maximum absolute atomic E-state index is 10.1. The van der Waals surface area contributed by atoms with Crippen molar-refractivity contribution in [2.45, 2.75) is 32.8 Å². The highest BCUT2D eigenvalue weighted by Crippen LogP contribution is 2.19. The maximum atomic E-state index is 10.1. The van der Waals surface area contributed by atoms with Gasteiger partial charge in [-0.3, -0.25) is 0 Å². The first-order chi connectivity index (χ1) is 7.41. The van der Waals surface area contributed by atoms with Crippen LogP contribution in [0.1, 0.15) is 27.2 Å². The average molecular weight is 244 g/mol. The second-order valence-electron chi connectivity index (χ2n) is 4.64. The lowest BCUT2D eigenvalue weighted by Gasteiger charge is -2.25. The van der Waals surface area contributed by atoms with Crippen LogP contribution in [-0.2, 0) is 0 Å². The van der Waals surface area contributed by atoms with Crippen molar-refractivity contribution in [3.05, 3.63) is 17.5 Å². The van der Waals surface area contributed by atoms with E-state index in [1.165, 1.54) is 6.20 Å². The molecule has 1 heterocycles. The molecule has 2 N–H and O–H groups in total. The Bertz CT molecular complexity index is 342. The molecule has 0 aliphatic carbocycles. The molecule has 1 unspecified atom stereocenters. The Morgan fingerprint density at radius 2 is 2.06 bits per heavy atom. The predicted molar refractivity (Wildman–Crippen MR) is 65.6 cm³/mol. The molecule has 0 fully saturated rings. The Morgan fingerprint density at radius 3 is 2.62 bits per heavy atom. The number of aliphatic hydroxyl groups is 1. The third-order valence-electron chi connectivity index (χ3n) is 2.14. The number of nitrogens with one attached hydrogen (secondary N) is 1.